The van der Waals surface area contributed by atoms with Crippen LogP contribution in [-0.4, -0.2) is 23.3 Å². The van der Waals surface area contributed by atoms with Crippen LogP contribution in [0.3, 0.4) is 0 Å². The minimum atomic E-state index is -0.162. The molecule has 0 saturated heterocycles. The van der Waals surface area contributed by atoms with Crippen LogP contribution in [0.5, 0.6) is 0 Å². The molecule has 0 atom stereocenters. The molecule has 3 nitrogen and oxygen atoms in total. The number of hydrogen-bond donors (Lipinski definition) is 0. The van der Waals surface area contributed by atoms with Crippen molar-refractivity contribution in [2.24, 2.45) is 5.41 Å². The highest BCUT2D eigenvalue weighted by Crippen LogP contribution is 2.30. The molecule has 0 aromatic rings. The lowest BCUT2D eigenvalue weighted by Crippen LogP contribution is -2.32. The second-order valence-electron chi connectivity index (χ2n) is 5.08. The van der Waals surface area contributed by atoms with Crippen LogP contribution in [0.2, 0.25) is 0 Å². The Bertz CT molecular complexity index is 429. The third kappa shape index (κ3) is 1.97. The average Bonchev–Trinajstić information content (AvgIpc) is 2.41. The summed E-state index contributed by atoms with van der Waals surface area (Å²) in [6.45, 7) is 6.54. The van der Waals surface area contributed by atoms with E-state index in [4.69, 9.17) is 0 Å². The molecule has 0 saturated carbocycles. The predicted octanol–water partition coefficient (Wildman–Crippen LogP) is 2.21. The van der Waals surface area contributed by atoms with Crippen molar-refractivity contribution >= 4 is 11.8 Å². The van der Waals surface area contributed by atoms with E-state index in [0.717, 1.165) is 6.42 Å². The molecule has 17 heavy (non-hydrogen) atoms. The van der Waals surface area contributed by atoms with Gasteiger partial charge >= 0.3 is 0 Å². The van der Waals surface area contributed by atoms with Crippen LogP contribution in [0.4, 0.5) is 0 Å². The fourth-order valence-corrected chi connectivity index (χ4v) is 2.01. The maximum Gasteiger partial charge on any atom is 0.261 e. The molecular formula is C14H17NO2. The summed E-state index contributed by atoms with van der Waals surface area (Å²) < 4.78 is 0. The van der Waals surface area contributed by atoms with Gasteiger partial charge in [-0.1, -0.05) is 45.1 Å². The summed E-state index contributed by atoms with van der Waals surface area (Å²) in [5.41, 5.74) is 0.955. The summed E-state index contributed by atoms with van der Waals surface area (Å²) in [6.07, 6.45) is 8.28. The Labute approximate surface area is 101 Å². The highest BCUT2D eigenvalue weighted by Gasteiger charge is 2.36. The zero-order valence-corrected chi connectivity index (χ0v) is 10.5. The van der Waals surface area contributed by atoms with Crippen LogP contribution in [-0.2, 0) is 9.59 Å². The quantitative estimate of drug-likeness (QED) is 0.683. The lowest BCUT2D eigenvalue weighted by atomic mass is 9.93. The number of nitrogens with zero attached hydrogens (tertiary/aromatic N) is 1. The molecule has 0 N–H and O–H groups in total. The third-order valence-corrected chi connectivity index (χ3v) is 3.05. The lowest BCUT2D eigenvalue weighted by Gasteiger charge is -2.15. The van der Waals surface area contributed by atoms with E-state index in [2.05, 4.69) is 0 Å². The van der Waals surface area contributed by atoms with Crippen molar-refractivity contribution in [3.05, 3.63) is 35.5 Å². The predicted molar refractivity (Wildman–Crippen MR) is 66.1 cm³/mol. The molecule has 90 valence electrons. The number of hydrogen-bond acceptors (Lipinski definition) is 2. The summed E-state index contributed by atoms with van der Waals surface area (Å²) in [7, 11) is 0. The Balaban J connectivity index is 2.38. The second kappa shape index (κ2) is 3.99. The van der Waals surface area contributed by atoms with E-state index in [-0.39, 0.29) is 17.2 Å². The van der Waals surface area contributed by atoms with Crippen LogP contribution >= 0.6 is 0 Å². The number of rotatable bonds is 2. The molecule has 0 aromatic carbocycles. The molecule has 0 fully saturated rings. The summed E-state index contributed by atoms with van der Waals surface area (Å²) in [4.78, 5) is 25.5. The number of carbonyl (C=O) groups excluding carboxylic acids is 2. The van der Waals surface area contributed by atoms with Crippen LogP contribution in [0.25, 0.3) is 0 Å². The van der Waals surface area contributed by atoms with E-state index in [0.29, 0.717) is 17.7 Å². The first kappa shape index (κ1) is 11.8. The fourth-order valence-electron chi connectivity index (χ4n) is 2.01. The fraction of sp³-hybridized carbons (Fsp3) is 0.429. The van der Waals surface area contributed by atoms with Gasteiger partial charge in [-0.2, -0.15) is 0 Å². The van der Waals surface area contributed by atoms with Crippen molar-refractivity contribution in [3.63, 3.8) is 0 Å². The summed E-state index contributed by atoms with van der Waals surface area (Å²) in [5, 5.41) is 0. The average molecular weight is 231 g/mol. The smallest absolute Gasteiger partial charge is 0.261 e. The molecule has 1 heterocycles. The highest BCUT2D eigenvalue weighted by atomic mass is 16.2. The van der Waals surface area contributed by atoms with Crippen LogP contribution < -0.4 is 0 Å². The van der Waals surface area contributed by atoms with Gasteiger partial charge in [0, 0.05) is 12.0 Å². The molecule has 2 rings (SSSR count). The Morgan fingerprint density at radius 3 is 1.94 bits per heavy atom. The Morgan fingerprint density at radius 2 is 1.53 bits per heavy atom. The summed E-state index contributed by atoms with van der Waals surface area (Å²) in [6, 6.07) is 0. The molecule has 2 aliphatic rings. The first-order valence-corrected chi connectivity index (χ1v) is 5.95. The van der Waals surface area contributed by atoms with Gasteiger partial charge in [-0.25, -0.2) is 0 Å². The highest BCUT2D eigenvalue weighted by molar-refractivity contribution is 6.22. The summed E-state index contributed by atoms with van der Waals surface area (Å²) >= 11 is 0. The molecule has 0 unspecified atom stereocenters. The van der Waals surface area contributed by atoms with Gasteiger partial charge in [0.2, 0.25) is 0 Å². The van der Waals surface area contributed by atoms with E-state index in [9.17, 15) is 9.59 Å². The zero-order chi connectivity index (χ0) is 12.6. The van der Waals surface area contributed by atoms with Crippen molar-refractivity contribution in [3.8, 4) is 0 Å². The van der Waals surface area contributed by atoms with E-state index in [1.807, 2.05) is 32.9 Å². The molecule has 0 radical (unpaired) electrons. The van der Waals surface area contributed by atoms with E-state index in [1.165, 1.54) is 4.90 Å². The maximum absolute atomic E-state index is 12.1. The van der Waals surface area contributed by atoms with E-state index >= 15 is 0 Å². The number of amides is 2. The van der Waals surface area contributed by atoms with Crippen LogP contribution in [0.15, 0.2) is 35.5 Å². The van der Waals surface area contributed by atoms with Crippen molar-refractivity contribution in [1.82, 2.24) is 4.90 Å². The van der Waals surface area contributed by atoms with Gasteiger partial charge in [0.15, 0.2) is 0 Å². The SMILES string of the molecule is CCCN1C(=O)C2=C(C=CC(C)(C)C=C2)C1=O. The van der Waals surface area contributed by atoms with Crippen LogP contribution in [0, 0.1) is 5.41 Å². The van der Waals surface area contributed by atoms with Gasteiger partial charge in [0.25, 0.3) is 11.8 Å². The molecule has 1 aliphatic heterocycles. The second-order valence-corrected chi connectivity index (χ2v) is 5.08. The number of allylic oxidation sites excluding steroid dienone is 2. The first-order chi connectivity index (χ1) is 7.96. The Hall–Kier alpha value is -1.64. The lowest BCUT2D eigenvalue weighted by molar-refractivity contribution is -0.137. The molecule has 2 amide bonds. The van der Waals surface area contributed by atoms with Crippen molar-refractivity contribution in [2.45, 2.75) is 27.2 Å². The summed E-state index contributed by atoms with van der Waals surface area (Å²) in [5.74, 6) is -0.323. The van der Waals surface area contributed by atoms with E-state index < -0.39 is 0 Å². The van der Waals surface area contributed by atoms with Crippen molar-refractivity contribution in [1.29, 1.82) is 0 Å². The normalized spacial score (nSPS) is 22.2. The molecular weight excluding hydrogens is 214 g/mol. The Kier molecular flexibility index (Phi) is 2.77. The largest absolute Gasteiger partial charge is 0.274 e. The van der Waals surface area contributed by atoms with Gasteiger partial charge in [0.05, 0.1) is 11.1 Å². The van der Waals surface area contributed by atoms with Gasteiger partial charge in [-0.15, -0.1) is 0 Å². The standard InChI is InChI=1S/C14H17NO2/c1-4-9-15-12(16)10-5-7-14(2,3)8-6-11(10)13(15)17/h5-8H,4,9H2,1-3H3. The van der Waals surface area contributed by atoms with Gasteiger partial charge < -0.3 is 0 Å². The van der Waals surface area contributed by atoms with Gasteiger partial charge in [-0.3, -0.25) is 14.5 Å². The molecule has 0 bridgehead atoms. The molecule has 0 aromatic heterocycles. The first-order valence-electron chi connectivity index (χ1n) is 5.95. The molecule has 0 spiro atoms. The number of carbonyl (C=O) groups is 2. The van der Waals surface area contributed by atoms with Crippen LogP contribution in [0.1, 0.15) is 27.2 Å². The minimum Gasteiger partial charge on any atom is -0.274 e. The van der Waals surface area contributed by atoms with E-state index in [1.54, 1.807) is 12.2 Å². The monoisotopic (exact) mass is 231 g/mol. The minimum absolute atomic E-state index is 0.111. The van der Waals surface area contributed by atoms with Crippen molar-refractivity contribution in [2.75, 3.05) is 6.54 Å². The topological polar surface area (TPSA) is 37.4 Å². The molecule has 1 aliphatic carbocycles. The Morgan fingerprint density at radius 1 is 1.06 bits per heavy atom. The van der Waals surface area contributed by atoms with Gasteiger partial charge in [0.1, 0.15) is 0 Å². The zero-order valence-electron chi connectivity index (χ0n) is 10.5. The number of imide groups is 1. The van der Waals surface area contributed by atoms with Gasteiger partial charge in [-0.05, 0) is 6.42 Å². The van der Waals surface area contributed by atoms with Crippen molar-refractivity contribution < 1.29 is 9.59 Å². The third-order valence-electron chi connectivity index (χ3n) is 3.05. The molecule has 3 heteroatoms. The maximum atomic E-state index is 12.1.